The number of carbonyl (C=O) groups is 1. The van der Waals surface area contributed by atoms with Crippen molar-refractivity contribution in [1.82, 2.24) is 5.01 Å². The molecule has 1 N–H and O–H groups in total. The van der Waals surface area contributed by atoms with Gasteiger partial charge >= 0.3 is 0 Å². The summed E-state index contributed by atoms with van der Waals surface area (Å²) in [4.78, 5) is 12.6. The van der Waals surface area contributed by atoms with Crippen LogP contribution < -0.4 is 0 Å². The molecule has 1 aliphatic heterocycles. The summed E-state index contributed by atoms with van der Waals surface area (Å²) in [5, 5.41) is 16.3. The third-order valence-electron chi connectivity index (χ3n) is 3.86. The quantitative estimate of drug-likeness (QED) is 0.947. The molecule has 0 bridgehead atoms. The third kappa shape index (κ3) is 3.00. The Kier molecular flexibility index (Phi) is 3.96. The lowest BCUT2D eigenvalue weighted by atomic mass is 9.97. The molecule has 0 aliphatic carbocycles. The maximum atomic E-state index is 13.1. The number of hydrogen-bond acceptors (Lipinski definition) is 3. The van der Waals surface area contributed by atoms with Gasteiger partial charge < -0.3 is 5.11 Å². The number of nitrogens with zero attached hydrogens (tertiary/aromatic N) is 2. The Bertz CT molecular complexity index is 743. The molecule has 0 saturated carbocycles. The number of aliphatic hydroxyl groups is 1. The second-order valence-electron chi connectivity index (χ2n) is 5.70. The van der Waals surface area contributed by atoms with E-state index in [9.17, 15) is 14.3 Å². The number of benzene rings is 2. The van der Waals surface area contributed by atoms with Crippen LogP contribution in [0.4, 0.5) is 4.39 Å². The molecule has 0 saturated heterocycles. The number of halogens is 1. The van der Waals surface area contributed by atoms with Gasteiger partial charge in [-0.15, -0.1) is 0 Å². The molecule has 0 radical (unpaired) electrons. The average molecular weight is 312 g/mol. The maximum absolute atomic E-state index is 13.1. The number of hydrogen-bond donors (Lipinski definition) is 1. The molecule has 118 valence electrons. The van der Waals surface area contributed by atoms with Crippen LogP contribution in [0, 0.1) is 5.82 Å². The molecule has 0 spiro atoms. The monoisotopic (exact) mass is 312 g/mol. The van der Waals surface area contributed by atoms with Crippen LogP contribution in [0.15, 0.2) is 59.7 Å². The Morgan fingerprint density at radius 2 is 1.87 bits per heavy atom. The first-order chi connectivity index (χ1) is 11.0. The van der Waals surface area contributed by atoms with Gasteiger partial charge in [0.15, 0.2) is 5.72 Å². The molecule has 0 unspecified atom stereocenters. The van der Waals surface area contributed by atoms with Crippen LogP contribution >= 0.6 is 0 Å². The number of hydrazone groups is 1. The predicted octanol–water partition coefficient (Wildman–Crippen LogP) is 2.82. The molecule has 1 atom stereocenters. The van der Waals surface area contributed by atoms with Crippen LogP contribution in [0.3, 0.4) is 0 Å². The highest BCUT2D eigenvalue weighted by Gasteiger charge is 2.44. The topological polar surface area (TPSA) is 52.9 Å². The van der Waals surface area contributed by atoms with E-state index in [1.807, 2.05) is 30.3 Å². The molecule has 23 heavy (non-hydrogen) atoms. The van der Waals surface area contributed by atoms with Gasteiger partial charge in [0.2, 0.25) is 5.91 Å². The zero-order valence-corrected chi connectivity index (χ0v) is 12.7. The van der Waals surface area contributed by atoms with E-state index in [-0.39, 0.29) is 18.7 Å². The van der Waals surface area contributed by atoms with Crippen LogP contribution in [0.1, 0.15) is 24.5 Å². The summed E-state index contributed by atoms with van der Waals surface area (Å²) in [5.41, 5.74) is 0.377. The molecule has 1 heterocycles. The van der Waals surface area contributed by atoms with Crippen molar-refractivity contribution in [2.75, 3.05) is 0 Å². The molecule has 4 nitrogen and oxygen atoms in total. The highest BCUT2D eigenvalue weighted by Crippen LogP contribution is 2.35. The van der Waals surface area contributed by atoms with Crippen molar-refractivity contribution in [2.24, 2.45) is 5.10 Å². The van der Waals surface area contributed by atoms with Crippen molar-refractivity contribution in [3.63, 3.8) is 0 Å². The van der Waals surface area contributed by atoms with E-state index >= 15 is 0 Å². The summed E-state index contributed by atoms with van der Waals surface area (Å²) < 4.78 is 13.1. The molecule has 5 heteroatoms. The summed E-state index contributed by atoms with van der Waals surface area (Å²) in [6, 6.07) is 14.8. The van der Waals surface area contributed by atoms with E-state index in [4.69, 9.17) is 0 Å². The molecule has 3 rings (SSSR count). The van der Waals surface area contributed by atoms with Gasteiger partial charge in [-0.3, -0.25) is 4.79 Å². The summed E-state index contributed by atoms with van der Waals surface area (Å²) in [6.45, 7) is 1.75. The summed E-state index contributed by atoms with van der Waals surface area (Å²) in [5.74, 6) is -0.699. The Morgan fingerprint density at radius 1 is 1.22 bits per heavy atom. The van der Waals surface area contributed by atoms with Gasteiger partial charge in [0, 0.05) is 17.7 Å². The van der Waals surface area contributed by atoms with Crippen molar-refractivity contribution in [3.05, 3.63) is 71.5 Å². The minimum absolute atomic E-state index is 0.140. The largest absolute Gasteiger partial charge is 0.365 e. The zero-order chi connectivity index (χ0) is 16.4. The van der Waals surface area contributed by atoms with Gasteiger partial charge in [-0.2, -0.15) is 10.1 Å². The summed E-state index contributed by atoms with van der Waals surface area (Å²) in [6.07, 6.45) is 0.348. The van der Waals surface area contributed by atoms with E-state index in [1.54, 1.807) is 6.92 Å². The maximum Gasteiger partial charge on any atom is 0.250 e. The minimum Gasteiger partial charge on any atom is -0.365 e. The van der Waals surface area contributed by atoms with Gasteiger partial charge in [0.05, 0.1) is 6.42 Å². The number of carbonyl (C=O) groups excluding carboxylic acids is 1. The fourth-order valence-corrected chi connectivity index (χ4v) is 2.77. The molecule has 2 aromatic rings. The minimum atomic E-state index is -1.57. The SMILES string of the molecule is CC1=NN(C(=O)Cc2ccccc2)[C@](O)(c2ccc(F)cc2)C1. The Hall–Kier alpha value is -2.53. The average Bonchev–Trinajstić information content (AvgIpc) is 2.85. The lowest BCUT2D eigenvalue weighted by Gasteiger charge is -2.31. The Morgan fingerprint density at radius 3 is 2.52 bits per heavy atom. The zero-order valence-electron chi connectivity index (χ0n) is 12.7. The van der Waals surface area contributed by atoms with Gasteiger partial charge in [-0.05, 0) is 24.6 Å². The molecule has 0 aromatic heterocycles. The fourth-order valence-electron chi connectivity index (χ4n) is 2.77. The third-order valence-corrected chi connectivity index (χ3v) is 3.86. The lowest BCUT2D eigenvalue weighted by molar-refractivity contribution is -0.157. The van der Waals surface area contributed by atoms with Crippen LogP contribution in [0.5, 0.6) is 0 Å². The molecule has 1 aliphatic rings. The predicted molar refractivity (Wildman–Crippen MR) is 85.0 cm³/mol. The van der Waals surface area contributed by atoms with Crippen LogP contribution in [0.25, 0.3) is 0 Å². The van der Waals surface area contributed by atoms with Gasteiger partial charge in [0.1, 0.15) is 5.82 Å². The lowest BCUT2D eigenvalue weighted by Crippen LogP contribution is -2.44. The standard InChI is InChI=1S/C18H17FN2O2/c1-13-12-18(23,15-7-9-16(19)10-8-15)21(20-13)17(22)11-14-5-3-2-4-6-14/h2-10,23H,11-12H2,1H3/t18-/m1/s1. The first-order valence-electron chi connectivity index (χ1n) is 7.38. The van der Waals surface area contributed by atoms with Crippen molar-refractivity contribution < 1.29 is 14.3 Å². The summed E-state index contributed by atoms with van der Waals surface area (Å²) >= 11 is 0. The van der Waals surface area contributed by atoms with Crippen molar-refractivity contribution in [2.45, 2.75) is 25.5 Å². The fraction of sp³-hybridized carbons (Fsp3) is 0.222. The Labute approximate surface area is 133 Å². The van der Waals surface area contributed by atoms with E-state index in [0.717, 1.165) is 10.6 Å². The van der Waals surface area contributed by atoms with Crippen LogP contribution in [0.2, 0.25) is 0 Å². The highest BCUT2D eigenvalue weighted by atomic mass is 19.1. The van der Waals surface area contributed by atoms with Crippen molar-refractivity contribution in [1.29, 1.82) is 0 Å². The van der Waals surface area contributed by atoms with Gasteiger partial charge in [0.25, 0.3) is 0 Å². The van der Waals surface area contributed by atoms with E-state index < -0.39 is 11.5 Å². The molecule has 1 amide bonds. The van der Waals surface area contributed by atoms with Gasteiger partial charge in [-0.25, -0.2) is 4.39 Å². The molecule has 0 fully saturated rings. The van der Waals surface area contributed by atoms with E-state index in [1.165, 1.54) is 24.3 Å². The Balaban J connectivity index is 1.89. The second kappa shape index (κ2) is 5.93. The molecule has 2 aromatic carbocycles. The van der Waals surface area contributed by atoms with E-state index in [0.29, 0.717) is 11.3 Å². The molecular weight excluding hydrogens is 295 g/mol. The van der Waals surface area contributed by atoms with Gasteiger partial charge in [-0.1, -0.05) is 42.5 Å². The molecular formula is C18H17FN2O2. The van der Waals surface area contributed by atoms with Crippen molar-refractivity contribution >= 4 is 11.6 Å². The van der Waals surface area contributed by atoms with E-state index in [2.05, 4.69) is 5.10 Å². The van der Waals surface area contributed by atoms with Crippen LogP contribution in [-0.2, 0) is 16.9 Å². The summed E-state index contributed by atoms with van der Waals surface area (Å²) in [7, 11) is 0. The first-order valence-corrected chi connectivity index (χ1v) is 7.38. The van der Waals surface area contributed by atoms with Crippen molar-refractivity contribution in [3.8, 4) is 0 Å². The number of rotatable bonds is 3. The first kappa shape index (κ1) is 15.4. The van der Waals surface area contributed by atoms with Crippen LogP contribution in [-0.4, -0.2) is 21.7 Å². The normalized spacial score (nSPS) is 20.5. The number of amides is 1. The second-order valence-corrected chi connectivity index (χ2v) is 5.70. The highest BCUT2D eigenvalue weighted by molar-refractivity contribution is 5.89. The smallest absolute Gasteiger partial charge is 0.250 e.